The second kappa shape index (κ2) is 12.4. The maximum atomic E-state index is 2.44. The van der Waals surface area contributed by atoms with E-state index in [1.165, 1.54) is 91.2 Å². The minimum absolute atomic E-state index is 1.12. The number of thiophene rings is 1. The lowest BCUT2D eigenvalue weighted by Gasteiger charge is -2.27. The standard InChI is InChI=1S/C52H33NS/c1-2-10-34(11-3-1)35-22-27-42(28-23-35)53(48-33-40-13-5-7-15-45(40)51-47-16-8-9-17-49(47)54-52(48)51)43-29-24-36(25-30-43)39-26-31-46-41(32-39)21-20-38-19-18-37-12-4-6-14-44(37)50(38)46/h1-33H. The maximum Gasteiger partial charge on any atom is 0.0646 e. The Labute approximate surface area is 317 Å². The van der Waals surface area contributed by atoms with Crippen LogP contribution in [0.15, 0.2) is 200 Å². The van der Waals surface area contributed by atoms with Crippen LogP contribution in [-0.4, -0.2) is 0 Å². The normalized spacial score (nSPS) is 11.7. The van der Waals surface area contributed by atoms with Crippen LogP contribution in [-0.2, 0) is 0 Å². The molecule has 0 atom stereocenters. The van der Waals surface area contributed by atoms with Gasteiger partial charge in [0, 0.05) is 26.8 Å². The summed E-state index contributed by atoms with van der Waals surface area (Å²) in [7, 11) is 0. The zero-order valence-corrected chi connectivity index (χ0v) is 30.2. The average Bonchev–Trinajstić information content (AvgIpc) is 3.64. The molecule has 11 aromatic rings. The van der Waals surface area contributed by atoms with Gasteiger partial charge in [-0.3, -0.25) is 0 Å². The molecule has 0 N–H and O–H groups in total. The molecule has 0 radical (unpaired) electrons. The molecule has 252 valence electrons. The summed E-state index contributed by atoms with van der Waals surface area (Å²) < 4.78 is 2.59. The summed E-state index contributed by atoms with van der Waals surface area (Å²) in [4.78, 5) is 2.44. The molecular weight excluding hydrogens is 671 g/mol. The lowest BCUT2D eigenvalue weighted by molar-refractivity contribution is 1.30. The van der Waals surface area contributed by atoms with Crippen molar-refractivity contribution in [2.45, 2.75) is 0 Å². The molecule has 1 nitrogen and oxygen atoms in total. The number of benzene rings is 10. The van der Waals surface area contributed by atoms with Crippen molar-refractivity contribution in [1.82, 2.24) is 0 Å². The van der Waals surface area contributed by atoms with E-state index in [2.05, 4.69) is 205 Å². The highest BCUT2D eigenvalue weighted by Gasteiger charge is 2.21. The summed E-state index contributed by atoms with van der Waals surface area (Å²) in [6.45, 7) is 0. The summed E-state index contributed by atoms with van der Waals surface area (Å²) in [6.07, 6.45) is 0. The lowest BCUT2D eigenvalue weighted by Crippen LogP contribution is -2.10. The Balaban J connectivity index is 1.07. The first-order chi connectivity index (χ1) is 26.8. The van der Waals surface area contributed by atoms with Gasteiger partial charge in [-0.2, -0.15) is 0 Å². The van der Waals surface area contributed by atoms with E-state index in [1.807, 2.05) is 11.3 Å². The first-order valence-electron chi connectivity index (χ1n) is 18.5. The van der Waals surface area contributed by atoms with E-state index in [-0.39, 0.29) is 0 Å². The number of fused-ring (bicyclic) bond motifs is 10. The van der Waals surface area contributed by atoms with Crippen molar-refractivity contribution < 1.29 is 0 Å². The van der Waals surface area contributed by atoms with Crippen LogP contribution in [0.1, 0.15) is 0 Å². The molecule has 10 aromatic carbocycles. The van der Waals surface area contributed by atoms with E-state index >= 15 is 0 Å². The van der Waals surface area contributed by atoms with Crippen molar-refractivity contribution in [1.29, 1.82) is 0 Å². The van der Waals surface area contributed by atoms with Crippen LogP contribution < -0.4 is 4.90 Å². The summed E-state index contributed by atoms with van der Waals surface area (Å²) in [6, 6.07) is 73.4. The van der Waals surface area contributed by atoms with Gasteiger partial charge in [-0.05, 0) is 108 Å². The molecule has 1 aromatic heterocycles. The summed E-state index contributed by atoms with van der Waals surface area (Å²) in [5.74, 6) is 0. The van der Waals surface area contributed by atoms with Gasteiger partial charge >= 0.3 is 0 Å². The van der Waals surface area contributed by atoms with Crippen LogP contribution in [0.25, 0.3) is 85.5 Å². The Morgan fingerprint density at radius 2 is 0.815 bits per heavy atom. The number of anilines is 3. The van der Waals surface area contributed by atoms with Crippen molar-refractivity contribution in [2.75, 3.05) is 4.90 Å². The Morgan fingerprint density at radius 1 is 0.315 bits per heavy atom. The van der Waals surface area contributed by atoms with Crippen molar-refractivity contribution in [2.24, 2.45) is 0 Å². The predicted molar refractivity (Wildman–Crippen MR) is 235 cm³/mol. The molecule has 0 unspecified atom stereocenters. The van der Waals surface area contributed by atoms with E-state index in [1.54, 1.807) is 0 Å². The van der Waals surface area contributed by atoms with E-state index < -0.39 is 0 Å². The van der Waals surface area contributed by atoms with Crippen molar-refractivity contribution in [3.63, 3.8) is 0 Å². The zero-order chi connectivity index (χ0) is 35.6. The molecular formula is C52H33NS. The molecule has 2 heteroatoms. The molecule has 0 saturated heterocycles. The van der Waals surface area contributed by atoms with E-state index in [0.717, 1.165) is 11.4 Å². The lowest BCUT2D eigenvalue weighted by atomic mass is 9.94. The molecule has 0 aliphatic rings. The van der Waals surface area contributed by atoms with Crippen LogP contribution in [0.4, 0.5) is 17.1 Å². The third-order valence-electron chi connectivity index (χ3n) is 11.0. The Bertz CT molecular complexity index is 3190. The van der Waals surface area contributed by atoms with Gasteiger partial charge in [0.1, 0.15) is 0 Å². The smallest absolute Gasteiger partial charge is 0.0646 e. The fraction of sp³-hybridized carbons (Fsp3) is 0. The second-order valence-electron chi connectivity index (χ2n) is 14.1. The summed E-state index contributed by atoms with van der Waals surface area (Å²) in [5, 5.41) is 12.9. The fourth-order valence-corrected chi connectivity index (χ4v) is 9.63. The number of nitrogens with zero attached hydrogens (tertiary/aromatic N) is 1. The topological polar surface area (TPSA) is 3.24 Å². The molecule has 0 fully saturated rings. The summed E-state index contributed by atoms with van der Waals surface area (Å²) >= 11 is 1.88. The molecule has 0 aliphatic carbocycles. The molecule has 11 rings (SSSR count). The maximum absolute atomic E-state index is 2.44. The Morgan fingerprint density at radius 3 is 1.56 bits per heavy atom. The average molecular weight is 704 g/mol. The van der Waals surface area contributed by atoms with E-state index in [4.69, 9.17) is 0 Å². The van der Waals surface area contributed by atoms with Crippen LogP contribution in [0, 0.1) is 0 Å². The SMILES string of the molecule is c1ccc(-c2ccc(N(c3ccc(-c4ccc5c(ccc6ccc7ccccc7c65)c4)cc3)c3cc4ccccc4c4c3sc3ccccc34)cc2)cc1. The quantitative estimate of drug-likeness (QED) is 0.161. The van der Waals surface area contributed by atoms with Gasteiger partial charge in [-0.15, -0.1) is 11.3 Å². The minimum atomic E-state index is 1.12. The monoisotopic (exact) mass is 703 g/mol. The van der Waals surface area contributed by atoms with Crippen LogP contribution in [0.2, 0.25) is 0 Å². The fourth-order valence-electron chi connectivity index (χ4n) is 8.40. The zero-order valence-electron chi connectivity index (χ0n) is 29.4. The van der Waals surface area contributed by atoms with Crippen molar-refractivity contribution in [3.8, 4) is 22.3 Å². The largest absolute Gasteiger partial charge is 0.309 e. The first-order valence-corrected chi connectivity index (χ1v) is 19.3. The van der Waals surface area contributed by atoms with Crippen molar-refractivity contribution >= 4 is 91.7 Å². The number of rotatable bonds is 5. The Hall–Kier alpha value is -6.74. The predicted octanol–water partition coefficient (Wildman–Crippen LogP) is 15.5. The molecule has 0 spiro atoms. The Kier molecular flexibility index (Phi) is 7.11. The van der Waals surface area contributed by atoms with E-state index in [0.29, 0.717) is 0 Å². The van der Waals surface area contributed by atoms with Gasteiger partial charge in [0.25, 0.3) is 0 Å². The molecule has 0 aliphatic heterocycles. The van der Waals surface area contributed by atoms with Gasteiger partial charge in [0.15, 0.2) is 0 Å². The van der Waals surface area contributed by atoms with Gasteiger partial charge in [0.2, 0.25) is 0 Å². The van der Waals surface area contributed by atoms with Crippen LogP contribution >= 0.6 is 11.3 Å². The van der Waals surface area contributed by atoms with Crippen LogP contribution in [0.5, 0.6) is 0 Å². The minimum Gasteiger partial charge on any atom is -0.309 e. The van der Waals surface area contributed by atoms with Gasteiger partial charge < -0.3 is 4.90 Å². The molecule has 1 heterocycles. The van der Waals surface area contributed by atoms with Gasteiger partial charge in [-0.1, -0.05) is 158 Å². The van der Waals surface area contributed by atoms with E-state index in [9.17, 15) is 0 Å². The highest BCUT2D eigenvalue weighted by atomic mass is 32.1. The molecule has 0 bridgehead atoms. The highest BCUT2D eigenvalue weighted by molar-refractivity contribution is 7.26. The number of hydrogen-bond donors (Lipinski definition) is 0. The first kappa shape index (κ1) is 30.8. The third kappa shape index (κ3) is 4.99. The van der Waals surface area contributed by atoms with Crippen molar-refractivity contribution in [3.05, 3.63) is 200 Å². The molecule has 54 heavy (non-hydrogen) atoms. The van der Waals surface area contributed by atoms with Crippen LogP contribution in [0.3, 0.4) is 0 Å². The van der Waals surface area contributed by atoms with Gasteiger partial charge in [0.05, 0.1) is 10.4 Å². The highest BCUT2D eigenvalue weighted by Crippen LogP contribution is 2.48. The summed E-state index contributed by atoms with van der Waals surface area (Å²) in [5.41, 5.74) is 8.27. The molecule has 0 amide bonds. The van der Waals surface area contributed by atoms with Gasteiger partial charge in [-0.25, -0.2) is 0 Å². The molecule has 0 saturated carbocycles. The second-order valence-corrected chi connectivity index (χ2v) is 15.2. The third-order valence-corrected chi connectivity index (χ3v) is 12.2. The number of hydrogen-bond acceptors (Lipinski definition) is 2.